The van der Waals surface area contributed by atoms with Gasteiger partial charge in [0.1, 0.15) is 0 Å². The molecule has 0 aromatic rings. The fourth-order valence-electron chi connectivity index (χ4n) is 1.13. The standard InChI is InChI=1S/C12H24/c1-4-6-7-8-9-10-11-12(3)5-2/h9-10,12H,4-8,11H2,1-3H3/b10-9-. The van der Waals surface area contributed by atoms with Crippen molar-refractivity contribution in [1.82, 2.24) is 0 Å². The Morgan fingerprint density at radius 3 is 2.42 bits per heavy atom. The van der Waals surface area contributed by atoms with E-state index in [-0.39, 0.29) is 0 Å². The summed E-state index contributed by atoms with van der Waals surface area (Å²) in [7, 11) is 0. The summed E-state index contributed by atoms with van der Waals surface area (Å²) in [6.07, 6.45) is 12.6. The van der Waals surface area contributed by atoms with E-state index in [0.29, 0.717) is 0 Å². The van der Waals surface area contributed by atoms with E-state index in [0.717, 1.165) is 5.92 Å². The van der Waals surface area contributed by atoms with Gasteiger partial charge in [-0.1, -0.05) is 52.2 Å². The maximum absolute atomic E-state index is 2.35. The molecule has 0 bridgehead atoms. The van der Waals surface area contributed by atoms with Crippen LogP contribution in [0.5, 0.6) is 0 Å². The van der Waals surface area contributed by atoms with Crippen molar-refractivity contribution >= 4 is 0 Å². The Kier molecular flexibility index (Phi) is 8.64. The van der Waals surface area contributed by atoms with Crippen molar-refractivity contribution in [3.63, 3.8) is 0 Å². The van der Waals surface area contributed by atoms with Gasteiger partial charge in [-0.2, -0.15) is 0 Å². The topological polar surface area (TPSA) is 0 Å². The van der Waals surface area contributed by atoms with Crippen molar-refractivity contribution in [3.05, 3.63) is 12.2 Å². The predicted molar refractivity (Wildman–Crippen MR) is 57.4 cm³/mol. The molecular weight excluding hydrogens is 144 g/mol. The molecule has 0 amide bonds. The first-order valence-corrected chi connectivity index (χ1v) is 5.46. The molecule has 12 heavy (non-hydrogen) atoms. The first kappa shape index (κ1) is 11.7. The minimum Gasteiger partial charge on any atom is -0.0885 e. The van der Waals surface area contributed by atoms with Crippen molar-refractivity contribution in [2.24, 2.45) is 5.92 Å². The van der Waals surface area contributed by atoms with E-state index < -0.39 is 0 Å². The van der Waals surface area contributed by atoms with E-state index in [4.69, 9.17) is 0 Å². The van der Waals surface area contributed by atoms with Crippen LogP contribution in [0.2, 0.25) is 0 Å². The number of hydrogen-bond donors (Lipinski definition) is 0. The minimum atomic E-state index is 0.868. The zero-order valence-corrected chi connectivity index (χ0v) is 8.97. The molecule has 0 heterocycles. The summed E-state index contributed by atoms with van der Waals surface area (Å²) in [5.74, 6) is 0.868. The smallest absolute Gasteiger partial charge is 0.0325 e. The molecule has 72 valence electrons. The molecule has 1 unspecified atom stereocenters. The van der Waals surface area contributed by atoms with Crippen LogP contribution in [0.15, 0.2) is 12.2 Å². The third-order valence-electron chi connectivity index (χ3n) is 2.38. The van der Waals surface area contributed by atoms with Crippen molar-refractivity contribution in [2.45, 2.75) is 59.3 Å². The zero-order chi connectivity index (χ0) is 9.23. The van der Waals surface area contributed by atoms with Crippen LogP contribution in [0, 0.1) is 5.92 Å². The van der Waals surface area contributed by atoms with Gasteiger partial charge in [-0.15, -0.1) is 0 Å². The van der Waals surface area contributed by atoms with Crippen LogP contribution in [0.3, 0.4) is 0 Å². The molecule has 0 heteroatoms. The van der Waals surface area contributed by atoms with Crippen LogP contribution in [0.25, 0.3) is 0 Å². The molecule has 0 rings (SSSR count). The van der Waals surface area contributed by atoms with E-state index in [9.17, 15) is 0 Å². The van der Waals surface area contributed by atoms with Gasteiger partial charge < -0.3 is 0 Å². The molecule has 0 N–H and O–H groups in total. The summed E-state index contributed by atoms with van der Waals surface area (Å²) in [5.41, 5.74) is 0. The van der Waals surface area contributed by atoms with Crippen LogP contribution >= 0.6 is 0 Å². The highest BCUT2D eigenvalue weighted by Gasteiger charge is 1.92. The number of hydrogen-bond acceptors (Lipinski definition) is 0. The normalized spacial score (nSPS) is 13.9. The summed E-state index contributed by atoms with van der Waals surface area (Å²) in [4.78, 5) is 0. The zero-order valence-electron chi connectivity index (χ0n) is 8.97. The SMILES string of the molecule is CCCCC/C=C\CC(C)CC. The number of unbranched alkanes of at least 4 members (excludes halogenated alkanes) is 3. The molecule has 0 radical (unpaired) electrons. The molecule has 0 aliphatic heterocycles. The Morgan fingerprint density at radius 1 is 1.08 bits per heavy atom. The molecule has 0 aromatic heterocycles. The molecule has 0 nitrogen and oxygen atoms in total. The van der Waals surface area contributed by atoms with Crippen LogP contribution in [0.4, 0.5) is 0 Å². The number of rotatable bonds is 7. The first-order valence-electron chi connectivity index (χ1n) is 5.46. The molecule has 0 spiro atoms. The van der Waals surface area contributed by atoms with Gasteiger partial charge in [0.2, 0.25) is 0 Å². The Labute approximate surface area is 78.1 Å². The summed E-state index contributed by atoms with van der Waals surface area (Å²) >= 11 is 0. The second-order valence-electron chi connectivity index (χ2n) is 3.72. The highest BCUT2D eigenvalue weighted by molar-refractivity contribution is 4.82. The maximum atomic E-state index is 2.35. The number of allylic oxidation sites excluding steroid dienone is 2. The van der Waals surface area contributed by atoms with Gasteiger partial charge in [0.25, 0.3) is 0 Å². The molecular formula is C12H24. The Morgan fingerprint density at radius 2 is 1.83 bits per heavy atom. The van der Waals surface area contributed by atoms with Gasteiger partial charge in [0, 0.05) is 0 Å². The average Bonchev–Trinajstić information content (AvgIpc) is 2.10. The molecule has 0 fully saturated rings. The van der Waals surface area contributed by atoms with Crippen molar-refractivity contribution in [3.8, 4) is 0 Å². The average molecular weight is 168 g/mol. The van der Waals surface area contributed by atoms with Gasteiger partial charge in [-0.25, -0.2) is 0 Å². The van der Waals surface area contributed by atoms with E-state index >= 15 is 0 Å². The first-order chi connectivity index (χ1) is 5.81. The monoisotopic (exact) mass is 168 g/mol. The summed E-state index contributed by atoms with van der Waals surface area (Å²) < 4.78 is 0. The Hall–Kier alpha value is -0.260. The van der Waals surface area contributed by atoms with Crippen molar-refractivity contribution in [1.29, 1.82) is 0 Å². The lowest BCUT2D eigenvalue weighted by molar-refractivity contribution is 0.570. The van der Waals surface area contributed by atoms with Gasteiger partial charge in [0.05, 0.1) is 0 Å². The molecule has 0 aliphatic rings. The lowest BCUT2D eigenvalue weighted by Crippen LogP contribution is -1.87. The maximum Gasteiger partial charge on any atom is -0.0325 e. The Bertz CT molecular complexity index is 103. The highest BCUT2D eigenvalue weighted by atomic mass is 14.0. The van der Waals surface area contributed by atoms with E-state index in [1.54, 1.807) is 0 Å². The van der Waals surface area contributed by atoms with Crippen LogP contribution < -0.4 is 0 Å². The summed E-state index contributed by atoms with van der Waals surface area (Å²) in [6, 6.07) is 0. The highest BCUT2D eigenvalue weighted by Crippen LogP contribution is 2.08. The van der Waals surface area contributed by atoms with Gasteiger partial charge in [-0.05, 0) is 25.2 Å². The summed E-state index contributed by atoms with van der Waals surface area (Å²) in [5, 5.41) is 0. The lowest BCUT2D eigenvalue weighted by Gasteiger charge is -2.01. The van der Waals surface area contributed by atoms with Crippen LogP contribution in [-0.4, -0.2) is 0 Å². The molecule has 0 saturated heterocycles. The van der Waals surface area contributed by atoms with Crippen molar-refractivity contribution < 1.29 is 0 Å². The molecule has 0 saturated carbocycles. The Balaban J connectivity index is 3.13. The summed E-state index contributed by atoms with van der Waals surface area (Å²) in [6.45, 7) is 6.83. The third-order valence-corrected chi connectivity index (χ3v) is 2.38. The quantitative estimate of drug-likeness (QED) is 0.386. The molecule has 0 aromatic carbocycles. The fourth-order valence-corrected chi connectivity index (χ4v) is 1.13. The van der Waals surface area contributed by atoms with E-state index in [1.807, 2.05) is 0 Å². The van der Waals surface area contributed by atoms with Crippen molar-refractivity contribution in [2.75, 3.05) is 0 Å². The molecule has 1 atom stereocenters. The van der Waals surface area contributed by atoms with Crippen LogP contribution in [-0.2, 0) is 0 Å². The van der Waals surface area contributed by atoms with Crippen LogP contribution in [0.1, 0.15) is 59.3 Å². The fraction of sp³-hybridized carbons (Fsp3) is 0.833. The van der Waals surface area contributed by atoms with E-state index in [1.165, 1.54) is 38.5 Å². The van der Waals surface area contributed by atoms with Gasteiger partial charge in [-0.3, -0.25) is 0 Å². The lowest BCUT2D eigenvalue weighted by atomic mass is 10.0. The largest absolute Gasteiger partial charge is 0.0885 e. The third kappa shape index (κ3) is 7.84. The minimum absolute atomic E-state index is 0.868. The molecule has 0 aliphatic carbocycles. The second kappa shape index (κ2) is 8.83. The van der Waals surface area contributed by atoms with E-state index in [2.05, 4.69) is 32.9 Å². The van der Waals surface area contributed by atoms with Gasteiger partial charge in [0.15, 0.2) is 0 Å². The van der Waals surface area contributed by atoms with Gasteiger partial charge >= 0.3 is 0 Å². The second-order valence-corrected chi connectivity index (χ2v) is 3.72. The predicted octanol–water partition coefficient (Wildman–Crippen LogP) is 4.56.